The SMILES string of the molecule is O=C([O-])CCCCC[n+]1ccc(-c2nc3ccc(OCCCCCC(=O)O)cc3o2)cc1. The molecule has 0 fully saturated rings. The topological polar surface area (TPSA) is 117 Å². The summed E-state index contributed by atoms with van der Waals surface area (Å²) in [5.74, 6) is -0.529. The fourth-order valence-electron chi connectivity index (χ4n) is 3.35. The Morgan fingerprint density at radius 1 is 1.00 bits per heavy atom. The molecule has 0 saturated carbocycles. The number of unbranched alkanes of at least 4 members (excludes halogenated alkanes) is 4. The van der Waals surface area contributed by atoms with Gasteiger partial charge in [-0.05, 0) is 50.7 Å². The molecular weight excluding hydrogens is 412 g/mol. The number of rotatable bonds is 14. The van der Waals surface area contributed by atoms with Gasteiger partial charge in [0.2, 0.25) is 5.89 Å². The van der Waals surface area contributed by atoms with Gasteiger partial charge < -0.3 is 24.2 Å². The molecule has 2 aromatic heterocycles. The lowest BCUT2D eigenvalue weighted by atomic mass is 10.2. The summed E-state index contributed by atoms with van der Waals surface area (Å²) >= 11 is 0. The fraction of sp³-hybridized carbons (Fsp3) is 0.417. The quantitative estimate of drug-likeness (QED) is 0.302. The van der Waals surface area contributed by atoms with Crippen LogP contribution in [0.2, 0.25) is 0 Å². The van der Waals surface area contributed by atoms with Gasteiger partial charge in [0.1, 0.15) is 17.8 Å². The Bertz CT molecular complexity index is 1030. The number of oxazole rings is 1. The number of ether oxygens (including phenoxy) is 1. The minimum Gasteiger partial charge on any atom is -0.550 e. The van der Waals surface area contributed by atoms with Gasteiger partial charge in [0.25, 0.3) is 0 Å². The molecule has 0 radical (unpaired) electrons. The lowest BCUT2D eigenvalue weighted by molar-refractivity contribution is -0.697. The van der Waals surface area contributed by atoms with Crippen molar-refractivity contribution >= 4 is 23.0 Å². The van der Waals surface area contributed by atoms with Crippen molar-refractivity contribution in [2.75, 3.05) is 6.61 Å². The van der Waals surface area contributed by atoms with E-state index in [1.807, 2.05) is 47.3 Å². The molecule has 8 heteroatoms. The first kappa shape index (κ1) is 23.2. The number of carbonyl (C=O) groups excluding carboxylic acids is 1. The van der Waals surface area contributed by atoms with Crippen LogP contribution >= 0.6 is 0 Å². The largest absolute Gasteiger partial charge is 0.550 e. The Hall–Kier alpha value is -3.42. The third kappa shape index (κ3) is 7.37. The van der Waals surface area contributed by atoms with Crippen LogP contribution in [0.4, 0.5) is 0 Å². The molecule has 32 heavy (non-hydrogen) atoms. The molecule has 0 aliphatic heterocycles. The smallest absolute Gasteiger partial charge is 0.303 e. The third-order valence-electron chi connectivity index (χ3n) is 5.10. The van der Waals surface area contributed by atoms with E-state index in [2.05, 4.69) is 4.98 Å². The number of fused-ring (bicyclic) bond motifs is 1. The zero-order chi connectivity index (χ0) is 22.8. The van der Waals surface area contributed by atoms with E-state index in [0.29, 0.717) is 36.7 Å². The van der Waals surface area contributed by atoms with Crippen LogP contribution < -0.4 is 14.4 Å². The monoisotopic (exact) mass is 440 g/mol. The molecular formula is C24H28N2O6. The Morgan fingerprint density at radius 3 is 2.50 bits per heavy atom. The van der Waals surface area contributed by atoms with Crippen molar-refractivity contribution in [2.45, 2.75) is 57.9 Å². The molecule has 8 nitrogen and oxygen atoms in total. The van der Waals surface area contributed by atoms with Crippen molar-refractivity contribution in [1.29, 1.82) is 0 Å². The molecule has 0 amide bonds. The van der Waals surface area contributed by atoms with Crippen molar-refractivity contribution in [2.24, 2.45) is 0 Å². The van der Waals surface area contributed by atoms with Gasteiger partial charge in [0, 0.05) is 42.6 Å². The fourth-order valence-corrected chi connectivity index (χ4v) is 3.35. The van der Waals surface area contributed by atoms with E-state index < -0.39 is 11.9 Å². The number of aliphatic carboxylic acids is 2. The summed E-state index contributed by atoms with van der Waals surface area (Å²) in [6.45, 7) is 1.34. The van der Waals surface area contributed by atoms with E-state index in [0.717, 1.165) is 43.3 Å². The van der Waals surface area contributed by atoms with Crippen molar-refractivity contribution in [3.05, 3.63) is 42.7 Å². The van der Waals surface area contributed by atoms with Crippen LogP contribution in [0.25, 0.3) is 22.6 Å². The number of carboxylic acids is 2. The van der Waals surface area contributed by atoms with Crippen molar-refractivity contribution in [3.8, 4) is 17.2 Å². The van der Waals surface area contributed by atoms with Crippen molar-refractivity contribution in [1.82, 2.24) is 4.98 Å². The maximum absolute atomic E-state index is 10.5. The minimum atomic E-state index is -0.994. The molecule has 2 heterocycles. The van der Waals surface area contributed by atoms with E-state index in [1.54, 1.807) is 0 Å². The number of hydrogen-bond acceptors (Lipinski definition) is 6. The first-order chi connectivity index (χ1) is 15.5. The number of carbonyl (C=O) groups is 2. The second-order valence-corrected chi connectivity index (χ2v) is 7.71. The van der Waals surface area contributed by atoms with Crippen LogP contribution in [0.3, 0.4) is 0 Å². The number of hydrogen-bond donors (Lipinski definition) is 1. The Labute approximate surface area is 186 Å². The molecule has 0 bridgehead atoms. The van der Waals surface area contributed by atoms with E-state index in [-0.39, 0.29) is 12.8 Å². The summed E-state index contributed by atoms with van der Waals surface area (Å²) < 4.78 is 13.7. The van der Waals surface area contributed by atoms with E-state index in [9.17, 15) is 14.7 Å². The second-order valence-electron chi connectivity index (χ2n) is 7.71. The van der Waals surface area contributed by atoms with Crippen LogP contribution in [-0.4, -0.2) is 28.6 Å². The Kier molecular flexibility index (Phi) is 8.60. The second kappa shape index (κ2) is 11.8. The third-order valence-corrected chi connectivity index (χ3v) is 5.10. The molecule has 0 unspecified atom stereocenters. The average Bonchev–Trinajstić information content (AvgIpc) is 3.19. The van der Waals surface area contributed by atoms with Gasteiger partial charge in [0.15, 0.2) is 18.0 Å². The van der Waals surface area contributed by atoms with Crippen LogP contribution in [0.5, 0.6) is 5.75 Å². The highest BCUT2D eigenvalue weighted by Gasteiger charge is 2.11. The Balaban J connectivity index is 1.50. The standard InChI is InChI=1S/C24H28N2O6/c27-22(28)7-3-1-5-13-26-14-11-18(12-15-26)24-25-20-10-9-19(17-21(20)32-24)31-16-6-2-4-8-23(29)30/h9-12,14-15,17H,1-8,13,16H2,(H-,27,28,29,30). The van der Waals surface area contributed by atoms with Crippen LogP contribution in [0.15, 0.2) is 47.1 Å². The maximum Gasteiger partial charge on any atom is 0.303 e. The van der Waals surface area contributed by atoms with E-state index in [1.165, 1.54) is 0 Å². The van der Waals surface area contributed by atoms with Gasteiger partial charge in [0.05, 0.1) is 6.61 Å². The zero-order valence-electron chi connectivity index (χ0n) is 18.0. The number of carboxylic acid groups (broad SMARTS) is 2. The lowest BCUT2D eigenvalue weighted by Crippen LogP contribution is -2.32. The van der Waals surface area contributed by atoms with Crippen LogP contribution in [0.1, 0.15) is 51.4 Å². The molecule has 0 spiro atoms. The highest BCUT2D eigenvalue weighted by molar-refractivity contribution is 5.77. The molecule has 1 N–H and O–H groups in total. The average molecular weight is 440 g/mol. The number of pyridine rings is 1. The molecule has 0 aliphatic carbocycles. The van der Waals surface area contributed by atoms with Crippen molar-refractivity contribution in [3.63, 3.8) is 0 Å². The zero-order valence-corrected chi connectivity index (χ0v) is 18.0. The predicted octanol–water partition coefficient (Wildman–Crippen LogP) is 3.12. The molecule has 3 aromatic rings. The number of benzene rings is 1. The van der Waals surface area contributed by atoms with E-state index >= 15 is 0 Å². The maximum atomic E-state index is 10.5. The lowest BCUT2D eigenvalue weighted by Gasteiger charge is -2.05. The molecule has 1 aromatic carbocycles. The van der Waals surface area contributed by atoms with Crippen molar-refractivity contribution < 1.29 is 33.5 Å². The van der Waals surface area contributed by atoms with Gasteiger partial charge in [-0.3, -0.25) is 4.79 Å². The summed E-state index contributed by atoms with van der Waals surface area (Å²) in [5.41, 5.74) is 2.27. The summed E-state index contributed by atoms with van der Waals surface area (Å²) in [6.07, 6.45) is 8.89. The Morgan fingerprint density at radius 2 is 1.75 bits per heavy atom. The summed E-state index contributed by atoms with van der Waals surface area (Å²) in [6, 6.07) is 9.42. The minimum absolute atomic E-state index is 0.112. The van der Waals surface area contributed by atoms with Crippen LogP contribution in [-0.2, 0) is 16.1 Å². The summed E-state index contributed by atoms with van der Waals surface area (Å²) in [7, 11) is 0. The number of nitrogens with zero attached hydrogens (tertiary/aromatic N) is 2. The highest BCUT2D eigenvalue weighted by Crippen LogP contribution is 2.26. The molecule has 0 aliphatic rings. The number of aryl methyl sites for hydroxylation is 1. The van der Waals surface area contributed by atoms with Gasteiger partial charge in [-0.2, -0.15) is 0 Å². The molecule has 0 atom stereocenters. The first-order valence-electron chi connectivity index (χ1n) is 11.0. The van der Waals surface area contributed by atoms with Crippen LogP contribution in [0, 0.1) is 0 Å². The van der Waals surface area contributed by atoms with E-state index in [4.69, 9.17) is 14.3 Å². The normalized spacial score (nSPS) is 11.0. The van der Waals surface area contributed by atoms with Gasteiger partial charge in [-0.15, -0.1) is 0 Å². The molecule has 170 valence electrons. The first-order valence-corrected chi connectivity index (χ1v) is 11.0. The van der Waals surface area contributed by atoms with Gasteiger partial charge in [-0.25, -0.2) is 9.55 Å². The highest BCUT2D eigenvalue weighted by atomic mass is 16.5. The predicted molar refractivity (Wildman–Crippen MR) is 115 cm³/mol. The molecule has 0 saturated heterocycles. The number of aromatic nitrogens is 2. The molecule has 3 rings (SSSR count). The summed E-state index contributed by atoms with van der Waals surface area (Å²) in [4.78, 5) is 25.5. The van der Waals surface area contributed by atoms with Gasteiger partial charge in [-0.1, -0.05) is 0 Å². The summed E-state index contributed by atoms with van der Waals surface area (Å²) in [5, 5.41) is 19.1. The van der Waals surface area contributed by atoms with Gasteiger partial charge >= 0.3 is 5.97 Å².